The van der Waals surface area contributed by atoms with Crippen LogP contribution in [-0.4, -0.2) is 37.3 Å². The van der Waals surface area contributed by atoms with Crippen molar-refractivity contribution in [3.05, 3.63) is 54.6 Å². The number of rotatable bonds is 6. The molecule has 5 heteroatoms. The Morgan fingerprint density at radius 1 is 0.800 bits per heavy atom. The molecule has 0 radical (unpaired) electrons. The van der Waals surface area contributed by atoms with E-state index in [1.807, 2.05) is 6.07 Å². The second kappa shape index (κ2) is 9.08. The van der Waals surface area contributed by atoms with Crippen LogP contribution in [0.2, 0.25) is 0 Å². The van der Waals surface area contributed by atoms with Crippen molar-refractivity contribution >= 4 is 6.16 Å². The predicted octanol–water partition coefficient (Wildman–Crippen LogP) is 4.13. The van der Waals surface area contributed by atoms with Gasteiger partial charge in [-0.25, -0.2) is 4.79 Å². The van der Waals surface area contributed by atoms with Crippen LogP contribution in [0, 0.1) is 0 Å². The van der Waals surface area contributed by atoms with Gasteiger partial charge in [0.2, 0.25) is 0 Å². The lowest BCUT2D eigenvalue weighted by Crippen LogP contribution is -2.33. The molecule has 1 saturated heterocycles. The molecule has 1 aliphatic rings. The predicted molar refractivity (Wildman–Crippen MR) is 95.3 cm³/mol. The third kappa shape index (κ3) is 5.80. The Labute approximate surface area is 148 Å². The minimum absolute atomic E-state index is 0.421. The number of ether oxygens (including phenoxy) is 3. The molecule has 1 heterocycles. The third-order valence-electron chi connectivity index (χ3n) is 4.09. The number of nitrogens with zero attached hydrogens (tertiary/aromatic N) is 1. The van der Waals surface area contributed by atoms with Gasteiger partial charge in [-0.15, -0.1) is 0 Å². The summed E-state index contributed by atoms with van der Waals surface area (Å²) in [7, 11) is 0. The molecule has 0 aromatic heterocycles. The highest BCUT2D eigenvalue weighted by Crippen LogP contribution is 2.19. The normalized spacial score (nSPS) is 14.7. The van der Waals surface area contributed by atoms with Crippen molar-refractivity contribution in [2.45, 2.75) is 19.3 Å². The number of benzene rings is 2. The van der Waals surface area contributed by atoms with Crippen molar-refractivity contribution < 1.29 is 19.0 Å². The molecule has 0 aliphatic carbocycles. The summed E-state index contributed by atoms with van der Waals surface area (Å²) in [5.74, 6) is 1.63. The number of piperidine rings is 1. The van der Waals surface area contributed by atoms with E-state index in [4.69, 9.17) is 14.2 Å². The summed E-state index contributed by atoms with van der Waals surface area (Å²) in [6.45, 7) is 3.94. The van der Waals surface area contributed by atoms with Gasteiger partial charge in [-0.05, 0) is 62.3 Å². The van der Waals surface area contributed by atoms with Crippen LogP contribution in [0.3, 0.4) is 0 Å². The zero-order valence-corrected chi connectivity index (χ0v) is 14.2. The maximum absolute atomic E-state index is 11.7. The molecule has 0 atom stereocenters. The molecule has 25 heavy (non-hydrogen) atoms. The number of hydrogen-bond donors (Lipinski definition) is 0. The first-order valence-corrected chi connectivity index (χ1v) is 8.69. The van der Waals surface area contributed by atoms with Crippen LogP contribution in [0.5, 0.6) is 17.2 Å². The monoisotopic (exact) mass is 341 g/mol. The summed E-state index contributed by atoms with van der Waals surface area (Å²) in [6.07, 6.45) is 3.15. The second-order valence-electron chi connectivity index (χ2n) is 5.99. The summed E-state index contributed by atoms with van der Waals surface area (Å²) < 4.78 is 16.0. The highest BCUT2D eigenvalue weighted by Gasteiger charge is 2.10. The average molecular weight is 341 g/mol. The lowest BCUT2D eigenvalue weighted by atomic mass is 10.1. The zero-order chi connectivity index (χ0) is 17.3. The molecule has 132 valence electrons. The molecule has 0 unspecified atom stereocenters. The number of likely N-dealkylation sites (tertiary alicyclic amines) is 1. The maximum atomic E-state index is 11.7. The molecule has 2 aromatic rings. The van der Waals surface area contributed by atoms with E-state index < -0.39 is 6.16 Å². The molecule has 0 saturated carbocycles. The van der Waals surface area contributed by atoms with Gasteiger partial charge in [-0.1, -0.05) is 24.6 Å². The number of carbonyl (C=O) groups is 1. The zero-order valence-electron chi connectivity index (χ0n) is 14.2. The first-order chi connectivity index (χ1) is 12.3. The lowest BCUT2D eigenvalue weighted by Gasteiger charge is -2.26. The van der Waals surface area contributed by atoms with E-state index in [0.29, 0.717) is 18.1 Å². The van der Waals surface area contributed by atoms with Crippen LogP contribution in [0.4, 0.5) is 4.79 Å². The van der Waals surface area contributed by atoms with E-state index in [-0.39, 0.29) is 0 Å². The van der Waals surface area contributed by atoms with E-state index in [1.165, 1.54) is 32.4 Å². The van der Waals surface area contributed by atoms with Gasteiger partial charge in [0.15, 0.2) is 0 Å². The molecule has 1 fully saturated rings. The van der Waals surface area contributed by atoms with E-state index in [9.17, 15) is 4.79 Å². The first-order valence-electron chi connectivity index (χ1n) is 8.69. The summed E-state index contributed by atoms with van der Waals surface area (Å²) in [5, 5.41) is 0. The molecule has 0 bridgehead atoms. The second-order valence-corrected chi connectivity index (χ2v) is 5.99. The van der Waals surface area contributed by atoms with Gasteiger partial charge in [-0.3, -0.25) is 4.90 Å². The molecule has 1 aliphatic heterocycles. The van der Waals surface area contributed by atoms with Gasteiger partial charge in [0.05, 0.1) is 0 Å². The van der Waals surface area contributed by atoms with Crippen LogP contribution < -0.4 is 14.2 Å². The largest absolute Gasteiger partial charge is 0.519 e. The van der Waals surface area contributed by atoms with Crippen molar-refractivity contribution in [1.29, 1.82) is 0 Å². The van der Waals surface area contributed by atoms with Gasteiger partial charge in [0.25, 0.3) is 0 Å². The molecular weight excluding hydrogens is 318 g/mol. The Bertz CT molecular complexity index is 651. The molecule has 0 amide bonds. The summed E-state index contributed by atoms with van der Waals surface area (Å²) in [4.78, 5) is 14.2. The molecule has 0 N–H and O–H groups in total. The van der Waals surface area contributed by atoms with Crippen LogP contribution >= 0.6 is 0 Å². The Kier molecular flexibility index (Phi) is 6.29. The van der Waals surface area contributed by atoms with E-state index in [0.717, 1.165) is 12.3 Å². The molecule has 5 nitrogen and oxygen atoms in total. The minimum atomic E-state index is -0.759. The Balaban J connectivity index is 1.41. The Morgan fingerprint density at radius 3 is 2.08 bits per heavy atom. The summed E-state index contributed by atoms with van der Waals surface area (Å²) in [6, 6.07) is 15.8. The first kappa shape index (κ1) is 17.3. The van der Waals surface area contributed by atoms with E-state index in [1.54, 1.807) is 48.5 Å². The standard InChI is InChI=1S/C20H23NO4/c22-20(24-18-7-3-1-4-8-18)25-19-11-9-17(10-12-19)23-16-15-21-13-5-2-6-14-21/h1,3-4,7-12H,2,5-6,13-16H2. The smallest absolute Gasteiger partial charge is 0.492 e. The summed E-state index contributed by atoms with van der Waals surface area (Å²) >= 11 is 0. The van der Waals surface area contributed by atoms with Crippen molar-refractivity contribution in [2.75, 3.05) is 26.2 Å². The quantitative estimate of drug-likeness (QED) is 0.584. The molecule has 0 spiro atoms. The van der Waals surface area contributed by atoms with Crippen molar-refractivity contribution in [1.82, 2.24) is 4.90 Å². The van der Waals surface area contributed by atoms with Crippen molar-refractivity contribution in [3.63, 3.8) is 0 Å². The van der Waals surface area contributed by atoms with Crippen LogP contribution in [-0.2, 0) is 0 Å². The van der Waals surface area contributed by atoms with Gasteiger partial charge in [-0.2, -0.15) is 0 Å². The van der Waals surface area contributed by atoms with Gasteiger partial charge in [0, 0.05) is 6.54 Å². The van der Waals surface area contributed by atoms with Crippen molar-refractivity contribution in [2.24, 2.45) is 0 Å². The molecule has 3 rings (SSSR count). The Morgan fingerprint density at radius 2 is 1.40 bits per heavy atom. The minimum Gasteiger partial charge on any atom is -0.492 e. The maximum Gasteiger partial charge on any atom is 0.519 e. The number of carbonyl (C=O) groups excluding carboxylic acids is 1. The Hall–Kier alpha value is -2.53. The van der Waals surface area contributed by atoms with E-state index in [2.05, 4.69) is 4.90 Å². The van der Waals surface area contributed by atoms with Gasteiger partial charge in [0.1, 0.15) is 23.9 Å². The third-order valence-corrected chi connectivity index (χ3v) is 4.09. The number of para-hydroxylation sites is 1. The van der Waals surface area contributed by atoms with Crippen LogP contribution in [0.25, 0.3) is 0 Å². The van der Waals surface area contributed by atoms with Crippen LogP contribution in [0.1, 0.15) is 19.3 Å². The molecular formula is C20H23NO4. The SMILES string of the molecule is O=C(Oc1ccccc1)Oc1ccc(OCCN2CCCCC2)cc1. The van der Waals surface area contributed by atoms with Gasteiger partial charge >= 0.3 is 6.16 Å². The average Bonchev–Trinajstić information content (AvgIpc) is 2.65. The fourth-order valence-corrected chi connectivity index (χ4v) is 2.78. The highest BCUT2D eigenvalue weighted by atomic mass is 16.7. The lowest BCUT2D eigenvalue weighted by molar-refractivity contribution is 0.151. The number of hydrogen-bond acceptors (Lipinski definition) is 5. The van der Waals surface area contributed by atoms with Crippen LogP contribution in [0.15, 0.2) is 54.6 Å². The summed E-state index contributed by atoms with van der Waals surface area (Å²) in [5.41, 5.74) is 0. The fourth-order valence-electron chi connectivity index (χ4n) is 2.78. The highest BCUT2D eigenvalue weighted by molar-refractivity contribution is 5.67. The van der Waals surface area contributed by atoms with Gasteiger partial charge < -0.3 is 14.2 Å². The topological polar surface area (TPSA) is 48.0 Å². The van der Waals surface area contributed by atoms with Crippen molar-refractivity contribution in [3.8, 4) is 17.2 Å². The molecule has 2 aromatic carbocycles. The van der Waals surface area contributed by atoms with E-state index >= 15 is 0 Å². The fraction of sp³-hybridized carbons (Fsp3) is 0.350.